The van der Waals surface area contributed by atoms with Gasteiger partial charge in [-0.25, -0.2) is 0 Å². The summed E-state index contributed by atoms with van der Waals surface area (Å²) in [6.45, 7) is 1.59. The van der Waals surface area contributed by atoms with Crippen LogP contribution in [-0.4, -0.2) is 39.0 Å². The van der Waals surface area contributed by atoms with Gasteiger partial charge >= 0.3 is 0 Å². The van der Waals surface area contributed by atoms with E-state index in [-0.39, 0.29) is 5.91 Å². The van der Waals surface area contributed by atoms with Gasteiger partial charge in [-0.05, 0) is 42.5 Å². The van der Waals surface area contributed by atoms with E-state index in [4.69, 9.17) is 4.52 Å². The van der Waals surface area contributed by atoms with Gasteiger partial charge in [0.1, 0.15) is 0 Å². The van der Waals surface area contributed by atoms with Crippen LogP contribution >= 0.6 is 0 Å². The van der Waals surface area contributed by atoms with Crippen molar-refractivity contribution in [1.82, 2.24) is 20.0 Å². The van der Waals surface area contributed by atoms with Crippen LogP contribution in [0.5, 0.6) is 0 Å². The molecule has 0 N–H and O–H groups in total. The summed E-state index contributed by atoms with van der Waals surface area (Å²) >= 11 is 0. The van der Waals surface area contributed by atoms with Gasteiger partial charge in [0.25, 0.3) is 0 Å². The summed E-state index contributed by atoms with van der Waals surface area (Å²) in [6, 6.07) is 12.2. The Morgan fingerprint density at radius 3 is 2.56 bits per heavy atom. The predicted octanol–water partition coefficient (Wildman–Crippen LogP) is 3.08. The molecule has 0 saturated carbocycles. The molecule has 27 heavy (non-hydrogen) atoms. The Hall–Kier alpha value is -3.02. The third-order valence-corrected chi connectivity index (χ3v) is 4.94. The SMILES string of the molecule is O=C(CCCc1nc(-c2cccnc2)no1)N1CCc2ccccc2CC1. The zero-order valence-corrected chi connectivity index (χ0v) is 15.2. The van der Waals surface area contributed by atoms with Gasteiger partial charge in [0.05, 0.1) is 0 Å². The molecule has 138 valence electrons. The molecule has 1 aliphatic heterocycles. The summed E-state index contributed by atoms with van der Waals surface area (Å²) in [5, 5.41) is 3.99. The van der Waals surface area contributed by atoms with Crippen LogP contribution in [0.3, 0.4) is 0 Å². The predicted molar refractivity (Wildman–Crippen MR) is 101 cm³/mol. The Kier molecular flexibility index (Phi) is 5.23. The quantitative estimate of drug-likeness (QED) is 0.697. The summed E-state index contributed by atoms with van der Waals surface area (Å²) in [5.74, 6) is 1.30. The first-order valence-corrected chi connectivity index (χ1v) is 9.37. The number of pyridine rings is 1. The number of hydrogen-bond acceptors (Lipinski definition) is 5. The van der Waals surface area contributed by atoms with E-state index >= 15 is 0 Å². The second-order valence-electron chi connectivity index (χ2n) is 6.76. The molecule has 0 unspecified atom stereocenters. The Balaban J connectivity index is 1.27. The molecule has 4 rings (SSSR count). The molecule has 2 aromatic heterocycles. The fraction of sp³-hybridized carbons (Fsp3) is 0.333. The van der Waals surface area contributed by atoms with Crippen LogP contribution in [0, 0.1) is 0 Å². The molecule has 6 heteroatoms. The smallest absolute Gasteiger partial charge is 0.226 e. The maximum absolute atomic E-state index is 12.6. The van der Waals surface area contributed by atoms with Gasteiger partial charge in [0, 0.05) is 43.9 Å². The zero-order valence-electron chi connectivity index (χ0n) is 15.2. The fourth-order valence-corrected chi connectivity index (χ4v) is 3.43. The summed E-state index contributed by atoms with van der Waals surface area (Å²) in [5.41, 5.74) is 3.55. The van der Waals surface area contributed by atoms with Crippen molar-refractivity contribution in [2.45, 2.75) is 32.1 Å². The number of benzene rings is 1. The van der Waals surface area contributed by atoms with Crippen LogP contribution in [0.1, 0.15) is 29.9 Å². The van der Waals surface area contributed by atoms with Gasteiger partial charge in [-0.15, -0.1) is 0 Å². The first-order chi connectivity index (χ1) is 13.3. The highest BCUT2D eigenvalue weighted by Gasteiger charge is 2.18. The van der Waals surface area contributed by atoms with Crippen molar-refractivity contribution in [2.24, 2.45) is 0 Å². The molecule has 0 radical (unpaired) electrons. The lowest BCUT2D eigenvalue weighted by atomic mass is 10.0. The van der Waals surface area contributed by atoms with E-state index < -0.39 is 0 Å². The number of nitrogens with zero attached hydrogens (tertiary/aromatic N) is 4. The molecular formula is C21H22N4O2. The average molecular weight is 362 g/mol. The highest BCUT2D eigenvalue weighted by molar-refractivity contribution is 5.76. The van der Waals surface area contributed by atoms with Gasteiger partial charge < -0.3 is 9.42 Å². The molecule has 0 fully saturated rings. The van der Waals surface area contributed by atoms with Crippen LogP contribution in [0.4, 0.5) is 0 Å². The monoisotopic (exact) mass is 362 g/mol. The van der Waals surface area contributed by atoms with Gasteiger partial charge in [-0.2, -0.15) is 4.98 Å². The molecule has 3 aromatic rings. The van der Waals surface area contributed by atoms with E-state index in [1.54, 1.807) is 12.4 Å². The Morgan fingerprint density at radius 1 is 1.07 bits per heavy atom. The molecule has 0 aliphatic carbocycles. The molecule has 0 atom stereocenters. The van der Waals surface area contributed by atoms with Crippen molar-refractivity contribution < 1.29 is 9.32 Å². The van der Waals surface area contributed by atoms with E-state index in [9.17, 15) is 4.79 Å². The van der Waals surface area contributed by atoms with Crippen LogP contribution in [-0.2, 0) is 24.1 Å². The second kappa shape index (κ2) is 8.12. The van der Waals surface area contributed by atoms with Crippen LogP contribution in [0.25, 0.3) is 11.4 Å². The third-order valence-electron chi connectivity index (χ3n) is 4.94. The van der Waals surface area contributed by atoms with Crippen molar-refractivity contribution in [2.75, 3.05) is 13.1 Å². The van der Waals surface area contributed by atoms with Gasteiger partial charge in [-0.1, -0.05) is 29.4 Å². The minimum atomic E-state index is 0.204. The normalized spacial score (nSPS) is 13.9. The highest BCUT2D eigenvalue weighted by Crippen LogP contribution is 2.17. The number of carbonyl (C=O) groups is 1. The van der Waals surface area contributed by atoms with Crippen molar-refractivity contribution >= 4 is 5.91 Å². The van der Waals surface area contributed by atoms with E-state index in [2.05, 4.69) is 39.4 Å². The topological polar surface area (TPSA) is 72.1 Å². The van der Waals surface area contributed by atoms with Crippen molar-refractivity contribution in [3.8, 4) is 11.4 Å². The molecule has 1 amide bonds. The lowest BCUT2D eigenvalue weighted by Crippen LogP contribution is -2.33. The largest absolute Gasteiger partial charge is 0.342 e. The molecule has 0 bridgehead atoms. The summed E-state index contributed by atoms with van der Waals surface area (Å²) in [6.07, 6.45) is 7.08. The Labute approximate surface area is 158 Å². The maximum Gasteiger partial charge on any atom is 0.226 e. The first-order valence-electron chi connectivity index (χ1n) is 9.37. The van der Waals surface area contributed by atoms with E-state index in [1.165, 1.54) is 11.1 Å². The fourth-order valence-electron chi connectivity index (χ4n) is 3.43. The molecule has 3 heterocycles. The standard InChI is InChI=1S/C21H22N4O2/c26-20(25-13-10-16-5-1-2-6-17(16)11-14-25)9-3-8-19-23-21(24-27-19)18-7-4-12-22-15-18/h1-2,4-7,12,15H,3,8-11,13-14H2. The number of hydrogen-bond donors (Lipinski definition) is 0. The maximum atomic E-state index is 12.6. The van der Waals surface area contributed by atoms with Crippen molar-refractivity contribution in [3.63, 3.8) is 0 Å². The van der Waals surface area contributed by atoms with Crippen LogP contribution in [0.15, 0.2) is 53.3 Å². The second-order valence-corrected chi connectivity index (χ2v) is 6.76. The lowest BCUT2D eigenvalue weighted by molar-refractivity contribution is -0.131. The summed E-state index contributed by atoms with van der Waals surface area (Å²) in [4.78, 5) is 23.0. The van der Waals surface area contributed by atoms with Crippen LogP contribution in [0.2, 0.25) is 0 Å². The average Bonchev–Trinajstić information content (AvgIpc) is 3.07. The number of amides is 1. The van der Waals surface area contributed by atoms with Gasteiger partial charge in [-0.3, -0.25) is 9.78 Å². The minimum absolute atomic E-state index is 0.204. The van der Waals surface area contributed by atoms with Gasteiger partial charge in [0.15, 0.2) is 0 Å². The molecule has 1 aromatic carbocycles. The number of aryl methyl sites for hydroxylation is 1. The first kappa shape index (κ1) is 17.4. The van der Waals surface area contributed by atoms with Crippen molar-refractivity contribution in [3.05, 3.63) is 65.8 Å². The Morgan fingerprint density at radius 2 is 1.85 bits per heavy atom. The zero-order chi connectivity index (χ0) is 18.5. The van der Waals surface area contributed by atoms with E-state index in [0.717, 1.165) is 31.5 Å². The Bertz CT molecular complexity index is 880. The number of fused-ring (bicyclic) bond motifs is 1. The molecule has 6 nitrogen and oxygen atoms in total. The third kappa shape index (κ3) is 4.22. The lowest BCUT2D eigenvalue weighted by Gasteiger charge is -2.20. The number of aromatic nitrogens is 3. The van der Waals surface area contributed by atoms with Crippen LogP contribution < -0.4 is 0 Å². The van der Waals surface area contributed by atoms with E-state index in [0.29, 0.717) is 31.0 Å². The van der Waals surface area contributed by atoms with Crippen molar-refractivity contribution in [1.29, 1.82) is 0 Å². The molecule has 0 spiro atoms. The molecule has 0 saturated heterocycles. The molecular weight excluding hydrogens is 340 g/mol. The number of carbonyl (C=O) groups excluding carboxylic acids is 1. The summed E-state index contributed by atoms with van der Waals surface area (Å²) < 4.78 is 5.29. The highest BCUT2D eigenvalue weighted by atomic mass is 16.5. The summed E-state index contributed by atoms with van der Waals surface area (Å²) in [7, 11) is 0. The minimum Gasteiger partial charge on any atom is -0.342 e. The molecule has 1 aliphatic rings. The van der Waals surface area contributed by atoms with E-state index in [1.807, 2.05) is 17.0 Å². The van der Waals surface area contributed by atoms with Gasteiger partial charge in [0.2, 0.25) is 17.6 Å². The number of rotatable bonds is 5.